The zero-order chi connectivity index (χ0) is 25.8. The number of nitrogens with zero attached hydrogens (tertiary/aromatic N) is 1. The number of carbonyl (C=O) groups is 3. The van der Waals surface area contributed by atoms with Gasteiger partial charge in [0.25, 0.3) is 11.8 Å². The Hall–Kier alpha value is -4.21. The van der Waals surface area contributed by atoms with E-state index in [4.69, 9.17) is 33.3 Å². The van der Waals surface area contributed by atoms with Gasteiger partial charge in [0.05, 0.1) is 23.4 Å². The fraction of sp³-hybridized carbons (Fsp3) is 0.0769. The molecular formula is C26H19ClN2O6S. The van der Waals surface area contributed by atoms with Crippen LogP contribution in [0.2, 0.25) is 5.02 Å². The summed E-state index contributed by atoms with van der Waals surface area (Å²) >= 11 is 11.6. The number of carbonyl (C=O) groups excluding carboxylic acids is 2. The van der Waals surface area contributed by atoms with Crippen LogP contribution in [0.4, 0.5) is 5.69 Å². The maximum Gasteiger partial charge on any atom is 0.335 e. The molecule has 3 aromatic rings. The number of methoxy groups -OCH3 is 1. The first kappa shape index (κ1) is 24.9. The average molecular weight is 523 g/mol. The van der Waals surface area contributed by atoms with Crippen LogP contribution >= 0.6 is 23.8 Å². The second-order valence-corrected chi connectivity index (χ2v) is 8.42. The molecule has 1 aliphatic heterocycles. The Bertz CT molecular complexity index is 1410. The summed E-state index contributed by atoms with van der Waals surface area (Å²) in [6.07, 6.45) is 1.35. The molecule has 1 fully saturated rings. The first-order chi connectivity index (χ1) is 17.3. The lowest BCUT2D eigenvalue weighted by Crippen LogP contribution is -2.54. The molecule has 0 saturated carbocycles. The molecule has 1 heterocycles. The number of benzene rings is 3. The minimum atomic E-state index is -1.16. The first-order valence-corrected chi connectivity index (χ1v) is 11.4. The normalized spacial score (nSPS) is 14.6. The van der Waals surface area contributed by atoms with Crippen LogP contribution in [-0.2, 0) is 16.2 Å². The maximum atomic E-state index is 13.3. The van der Waals surface area contributed by atoms with E-state index in [1.165, 1.54) is 37.5 Å². The van der Waals surface area contributed by atoms with Crippen molar-refractivity contribution in [1.29, 1.82) is 0 Å². The molecule has 0 atom stereocenters. The third-order valence-electron chi connectivity index (χ3n) is 5.24. The number of aromatic carboxylic acids is 1. The van der Waals surface area contributed by atoms with Crippen LogP contribution in [0, 0.1) is 0 Å². The van der Waals surface area contributed by atoms with Gasteiger partial charge >= 0.3 is 5.97 Å². The molecule has 0 aliphatic carbocycles. The van der Waals surface area contributed by atoms with E-state index >= 15 is 0 Å². The number of anilines is 1. The minimum Gasteiger partial charge on any atom is -0.493 e. The van der Waals surface area contributed by atoms with E-state index < -0.39 is 17.8 Å². The zero-order valence-electron chi connectivity index (χ0n) is 18.9. The summed E-state index contributed by atoms with van der Waals surface area (Å²) in [7, 11) is 1.45. The molecule has 3 aromatic carbocycles. The van der Waals surface area contributed by atoms with Crippen molar-refractivity contribution in [3.8, 4) is 11.5 Å². The number of hydrogen-bond acceptors (Lipinski definition) is 6. The molecule has 182 valence electrons. The summed E-state index contributed by atoms with van der Waals surface area (Å²) in [4.78, 5) is 38.3. The summed E-state index contributed by atoms with van der Waals surface area (Å²) in [5, 5.41) is 11.8. The number of nitrogens with one attached hydrogen (secondary N) is 1. The highest BCUT2D eigenvalue weighted by Crippen LogP contribution is 2.38. The van der Waals surface area contributed by atoms with Crippen molar-refractivity contribution >= 4 is 58.5 Å². The van der Waals surface area contributed by atoms with Crippen molar-refractivity contribution in [1.82, 2.24) is 5.32 Å². The SMILES string of the molecule is COc1cc(C=C2C(=O)NC(=S)N(c3cccc(C(=O)O)c3)C2=O)cc(Cl)c1OCc1ccccc1. The van der Waals surface area contributed by atoms with Crippen molar-refractivity contribution in [3.63, 3.8) is 0 Å². The van der Waals surface area contributed by atoms with Crippen molar-refractivity contribution in [2.45, 2.75) is 6.61 Å². The zero-order valence-corrected chi connectivity index (χ0v) is 20.4. The first-order valence-electron chi connectivity index (χ1n) is 10.6. The topological polar surface area (TPSA) is 105 Å². The Kier molecular flexibility index (Phi) is 7.33. The van der Waals surface area contributed by atoms with Gasteiger partial charge in [0.15, 0.2) is 16.6 Å². The predicted molar refractivity (Wildman–Crippen MR) is 138 cm³/mol. The predicted octanol–water partition coefficient (Wildman–Crippen LogP) is 4.46. The van der Waals surface area contributed by atoms with E-state index in [0.29, 0.717) is 17.1 Å². The van der Waals surface area contributed by atoms with Gasteiger partial charge in [-0.15, -0.1) is 0 Å². The highest BCUT2D eigenvalue weighted by molar-refractivity contribution is 7.80. The van der Waals surface area contributed by atoms with Gasteiger partial charge in [-0.3, -0.25) is 19.8 Å². The smallest absolute Gasteiger partial charge is 0.335 e. The quantitative estimate of drug-likeness (QED) is 0.268. The number of thiocarbonyl (C=S) groups is 1. The molecule has 1 aliphatic rings. The molecule has 10 heteroatoms. The molecule has 36 heavy (non-hydrogen) atoms. The van der Waals surface area contributed by atoms with E-state index in [2.05, 4.69) is 5.32 Å². The number of hydrogen-bond donors (Lipinski definition) is 2. The van der Waals surface area contributed by atoms with Gasteiger partial charge in [-0.05, 0) is 59.8 Å². The molecule has 0 spiro atoms. The van der Waals surface area contributed by atoms with E-state index in [9.17, 15) is 19.5 Å². The molecule has 8 nitrogen and oxygen atoms in total. The highest BCUT2D eigenvalue weighted by atomic mass is 35.5. The monoisotopic (exact) mass is 522 g/mol. The Labute approximate surface area is 216 Å². The fourth-order valence-corrected chi connectivity index (χ4v) is 4.08. The van der Waals surface area contributed by atoms with Crippen molar-refractivity contribution in [2.75, 3.05) is 12.0 Å². The van der Waals surface area contributed by atoms with Crippen LogP contribution in [0.5, 0.6) is 11.5 Å². The van der Waals surface area contributed by atoms with Crippen molar-refractivity contribution < 1.29 is 29.0 Å². The molecule has 2 amide bonds. The Morgan fingerprint density at radius 3 is 2.56 bits per heavy atom. The number of halogens is 1. The number of carboxylic acid groups (broad SMARTS) is 1. The maximum absolute atomic E-state index is 13.3. The van der Waals surface area contributed by atoms with Gasteiger partial charge in [0, 0.05) is 0 Å². The molecule has 0 unspecified atom stereocenters. The second-order valence-electron chi connectivity index (χ2n) is 7.62. The minimum absolute atomic E-state index is 0.0341. The van der Waals surface area contributed by atoms with Gasteiger partial charge in [-0.1, -0.05) is 48.0 Å². The lowest BCUT2D eigenvalue weighted by Gasteiger charge is -2.29. The number of ether oxygens (including phenoxy) is 2. The van der Waals surface area contributed by atoms with Gasteiger partial charge in [0.1, 0.15) is 12.2 Å². The summed E-state index contributed by atoms with van der Waals surface area (Å²) in [5.74, 6) is -1.95. The lowest BCUT2D eigenvalue weighted by molar-refractivity contribution is -0.122. The standard InChI is InChI=1S/C26H19ClN2O6S/c1-34-21-12-16(11-20(27)22(21)35-14-15-6-3-2-4-7-15)10-19-23(30)28-26(36)29(24(19)31)18-9-5-8-17(13-18)25(32)33/h2-13H,14H2,1H3,(H,32,33)(H,28,30,36). The number of amides is 2. The fourth-order valence-electron chi connectivity index (χ4n) is 3.53. The Balaban J connectivity index is 1.66. The number of carboxylic acids is 1. The van der Waals surface area contributed by atoms with E-state index in [1.807, 2.05) is 30.3 Å². The summed E-state index contributed by atoms with van der Waals surface area (Å²) in [6.45, 7) is 0.264. The van der Waals surface area contributed by atoms with Gasteiger partial charge < -0.3 is 14.6 Å². The summed E-state index contributed by atoms with van der Waals surface area (Å²) < 4.78 is 11.3. The molecular weight excluding hydrogens is 504 g/mol. The van der Waals surface area contributed by atoms with Crippen LogP contribution in [0.15, 0.2) is 72.3 Å². The molecule has 2 N–H and O–H groups in total. The largest absolute Gasteiger partial charge is 0.493 e. The van der Waals surface area contributed by atoms with Gasteiger partial charge in [-0.2, -0.15) is 0 Å². The van der Waals surface area contributed by atoms with Crippen molar-refractivity contribution in [2.24, 2.45) is 0 Å². The van der Waals surface area contributed by atoms with Gasteiger partial charge in [-0.25, -0.2) is 4.79 Å². The van der Waals surface area contributed by atoms with E-state index in [0.717, 1.165) is 10.5 Å². The second kappa shape index (κ2) is 10.6. The average Bonchev–Trinajstić information content (AvgIpc) is 2.86. The van der Waals surface area contributed by atoms with Crippen LogP contribution in [0.25, 0.3) is 6.08 Å². The molecule has 1 saturated heterocycles. The lowest BCUT2D eigenvalue weighted by atomic mass is 10.1. The van der Waals surface area contributed by atoms with Gasteiger partial charge in [0.2, 0.25) is 0 Å². The van der Waals surface area contributed by atoms with Crippen LogP contribution in [0.1, 0.15) is 21.5 Å². The molecule has 0 bridgehead atoms. The van der Waals surface area contributed by atoms with E-state index in [-0.39, 0.29) is 33.6 Å². The summed E-state index contributed by atoms with van der Waals surface area (Å²) in [6, 6.07) is 18.3. The third-order valence-corrected chi connectivity index (χ3v) is 5.81. The Morgan fingerprint density at radius 1 is 1.11 bits per heavy atom. The van der Waals surface area contributed by atoms with Crippen LogP contribution < -0.4 is 19.7 Å². The van der Waals surface area contributed by atoms with Crippen LogP contribution in [0.3, 0.4) is 0 Å². The van der Waals surface area contributed by atoms with Crippen LogP contribution in [-0.4, -0.2) is 35.1 Å². The number of rotatable bonds is 7. The molecule has 4 rings (SSSR count). The van der Waals surface area contributed by atoms with E-state index in [1.54, 1.807) is 12.1 Å². The summed E-state index contributed by atoms with van der Waals surface area (Å²) in [5.41, 5.74) is 1.30. The highest BCUT2D eigenvalue weighted by Gasteiger charge is 2.34. The molecule has 0 radical (unpaired) electrons. The third kappa shape index (κ3) is 5.22. The van der Waals surface area contributed by atoms with Crippen molar-refractivity contribution in [3.05, 3.63) is 94.0 Å². The Morgan fingerprint density at radius 2 is 1.86 bits per heavy atom. The molecule has 0 aromatic heterocycles.